The van der Waals surface area contributed by atoms with Gasteiger partial charge in [-0.1, -0.05) is 78.1 Å². The Morgan fingerprint density at radius 2 is 1.50 bits per heavy atom. The highest BCUT2D eigenvalue weighted by Crippen LogP contribution is 2.63. The number of nitrogens with two attached hydrogens (primary N) is 1. The van der Waals surface area contributed by atoms with Crippen LogP contribution in [0.5, 0.6) is 0 Å². The molecule has 4 atom stereocenters. The van der Waals surface area contributed by atoms with E-state index in [2.05, 4.69) is 33.4 Å². The van der Waals surface area contributed by atoms with Gasteiger partial charge in [0.05, 0.1) is 25.6 Å². The maximum absolute atomic E-state index is 13.2. The molecule has 1 aromatic heterocycles. The molecule has 1 heterocycles. The number of Topliss-reactive ketones (excluding diaryl/α,β-unsaturated/α-hetero) is 1. The van der Waals surface area contributed by atoms with Gasteiger partial charge in [0.2, 0.25) is 6.10 Å². The number of carbonyl (C=O) groups excluding carboxylic acids is 1. The summed E-state index contributed by atoms with van der Waals surface area (Å²) in [5, 5.41) is 9.48. The van der Waals surface area contributed by atoms with Crippen molar-refractivity contribution >= 4 is 27.4 Å². The lowest BCUT2D eigenvalue weighted by Crippen LogP contribution is -2.45. The number of rotatable bonds is 26. The molecule has 14 nitrogen and oxygen atoms in total. The van der Waals surface area contributed by atoms with Crippen LogP contribution in [0.25, 0.3) is 0 Å². The number of unbranched alkanes of at least 4 members (excludes halogenated alkanes) is 10. The van der Waals surface area contributed by atoms with E-state index in [0.717, 1.165) is 57.8 Å². The number of aromatic amines is 1. The molecule has 0 radical (unpaired) electrons. The molecule has 1 aromatic rings. The number of phosphoric acid groups is 2. The maximum Gasteiger partial charge on any atom is 0.511 e. The lowest BCUT2D eigenvalue weighted by Gasteiger charge is -2.21. The van der Waals surface area contributed by atoms with E-state index in [1.165, 1.54) is 12.5 Å². The summed E-state index contributed by atoms with van der Waals surface area (Å²) in [5.74, 6) is -2.91. The number of nitrogens with one attached hydrogen (secondary N) is 1. The molecule has 0 fully saturated rings. The molecule has 3 unspecified atom stereocenters. The van der Waals surface area contributed by atoms with Gasteiger partial charge in [0, 0.05) is 18.3 Å². The fourth-order valence-electron chi connectivity index (χ4n) is 3.56. The summed E-state index contributed by atoms with van der Waals surface area (Å²) in [6.45, 7) is 3.80. The molecular weight excluding hydrogens is 568 g/mol. The van der Waals surface area contributed by atoms with Crippen molar-refractivity contribution in [3.05, 3.63) is 18.2 Å². The van der Waals surface area contributed by atoms with Crippen molar-refractivity contribution in [2.45, 2.75) is 109 Å². The highest BCUT2D eigenvalue weighted by Gasteiger charge is 2.42. The summed E-state index contributed by atoms with van der Waals surface area (Å²) in [6.07, 6.45) is 10.8. The van der Waals surface area contributed by atoms with E-state index in [4.69, 9.17) is 19.1 Å². The first-order valence-electron chi connectivity index (χ1n) is 13.8. The first-order chi connectivity index (χ1) is 19.0. The van der Waals surface area contributed by atoms with E-state index in [-0.39, 0.29) is 19.6 Å². The quantitative estimate of drug-likeness (QED) is 0.0347. The second kappa shape index (κ2) is 20.4. The van der Waals surface area contributed by atoms with Crippen molar-refractivity contribution in [2.75, 3.05) is 13.2 Å². The van der Waals surface area contributed by atoms with Crippen molar-refractivity contribution in [3.8, 4) is 0 Å². The van der Waals surface area contributed by atoms with Crippen molar-refractivity contribution in [1.29, 1.82) is 0 Å². The summed E-state index contributed by atoms with van der Waals surface area (Å²) < 4.78 is 45.0. The molecule has 0 aromatic carbocycles. The van der Waals surface area contributed by atoms with Gasteiger partial charge in [-0.05, 0) is 12.8 Å². The number of carbonyl (C=O) groups is 2. The molecule has 0 saturated carbocycles. The van der Waals surface area contributed by atoms with Crippen molar-refractivity contribution in [3.63, 3.8) is 0 Å². The number of hydrogen-bond acceptors (Lipinski definition) is 11. The monoisotopic (exact) mass is 613 g/mol. The number of carboxylic acid groups (broad SMARTS) is 1. The van der Waals surface area contributed by atoms with Crippen molar-refractivity contribution in [1.82, 2.24) is 9.97 Å². The number of hydrogen-bond donors (Lipinski definition) is 4. The molecule has 232 valence electrons. The zero-order valence-electron chi connectivity index (χ0n) is 23.4. The van der Waals surface area contributed by atoms with E-state index in [1.54, 1.807) is 0 Å². The van der Waals surface area contributed by atoms with Gasteiger partial charge in [0.1, 0.15) is 0 Å². The van der Waals surface area contributed by atoms with Crippen LogP contribution in [0.3, 0.4) is 0 Å². The first-order valence-corrected chi connectivity index (χ1v) is 16.8. The minimum Gasteiger partial charge on any atom is -0.479 e. The number of H-pyrrole nitrogens is 1. The average Bonchev–Trinajstić information content (AvgIpc) is 3.40. The molecule has 0 spiro atoms. The highest BCUT2D eigenvalue weighted by atomic mass is 31.3. The number of ketones is 1. The van der Waals surface area contributed by atoms with Gasteiger partial charge in [-0.3, -0.25) is 13.8 Å². The Hall–Kier alpha value is -1.47. The van der Waals surface area contributed by atoms with Crippen LogP contribution in [0.2, 0.25) is 0 Å². The van der Waals surface area contributed by atoms with Crippen LogP contribution >= 0.6 is 15.6 Å². The predicted octanol–water partition coefficient (Wildman–Crippen LogP) is 5.23. The molecular formula is C24H45N3O11P2. The second-order valence-corrected chi connectivity index (χ2v) is 12.5. The topological polar surface area (TPSA) is 210 Å². The SMILES string of the molecule is CCCCCCCCOP(=O)(O)OP(=O)(OCCCCCCCC)OOC(C(=O)O)C(=O)[C@@H](N)Cc1cnc[nH]1. The third kappa shape index (κ3) is 16.1. The number of aromatic nitrogens is 2. The Morgan fingerprint density at radius 1 is 0.950 bits per heavy atom. The molecule has 40 heavy (non-hydrogen) atoms. The highest BCUT2D eigenvalue weighted by molar-refractivity contribution is 7.61. The lowest BCUT2D eigenvalue weighted by atomic mass is 10.0. The molecule has 5 N–H and O–H groups in total. The number of carboxylic acids is 1. The average molecular weight is 614 g/mol. The van der Waals surface area contributed by atoms with E-state index >= 15 is 0 Å². The molecule has 0 bridgehead atoms. The van der Waals surface area contributed by atoms with Gasteiger partial charge in [-0.25, -0.2) is 23.8 Å². The Bertz CT molecular complexity index is 933. The number of aliphatic carboxylic acids is 1. The van der Waals surface area contributed by atoms with Crippen LogP contribution < -0.4 is 5.73 Å². The largest absolute Gasteiger partial charge is 0.511 e. The third-order valence-corrected chi connectivity index (χ3v) is 8.68. The van der Waals surface area contributed by atoms with Gasteiger partial charge in [-0.2, -0.15) is 4.31 Å². The molecule has 0 aliphatic rings. The van der Waals surface area contributed by atoms with Crippen LogP contribution in [0.4, 0.5) is 0 Å². The molecule has 0 amide bonds. The third-order valence-electron chi connectivity index (χ3n) is 5.78. The Labute approximate surface area is 235 Å². The van der Waals surface area contributed by atoms with E-state index < -0.39 is 39.5 Å². The van der Waals surface area contributed by atoms with Crippen LogP contribution in [0.15, 0.2) is 12.5 Å². The van der Waals surface area contributed by atoms with Crippen LogP contribution in [0.1, 0.15) is 96.6 Å². The van der Waals surface area contributed by atoms with Crippen molar-refractivity contribution in [2.24, 2.45) is 5.73 Å². The number of phosphoric ester groups is 1. The fourth-order valence-corrected chi connectivity index (χ4v) is 6.01. The Morgan fingerprint density at radius 3 is 2.02 bits per heavy atom. The molecule has 16 heteroatoms. The molecule has 0 aliphatic heterocycles. The summed E-state index contributed by atoms with van der Waals surface area (Å²) in [4.78, 5) is 45.6. The number of nitrogens with zero attached hydrogens (tertiary/aromatic N) is 1. The fraction of sp³-hybridized carbons (Fsp3) is 0.792. The molecule has 0 saturated heterocycles. The minimum atomic E-state index is -5.03. The van der Waals surface area contributed by atoms with E-state index in [9.17, 15) is 28.7 Å². The van der Waals surface area contributed by atoms with Gasteiger partial charge >= 0.3 is 21.6 Å². The van der Waals surface area contributed by atoms with Gasteiger partial charge in [-0.15, -0.1) is 4.67 Å². The molecule has 1 rings (SSSR count). The summed E-state index contributed by atoms with van der Waals surface area (Å²) in [5.41, 5.74) is 6.27. The summed E-state index contributed by atoms with van der Waals surface area (Å²) >= 11 is 0. The van der Waals surface area contributed by atoms with Crippen LogP contribution in [0, 0.1) is 0 Å². The standard InChI is InChI=1S/C24H45N3O11P2/c1-3-5-7-9-11-13-15-34-39(31,32)38-40(33,35-16-14-12-10-8-6-4-2)37-36-23(24(29)30)22(28)21(25)17-20-18-26-19-27-20/h18-19,21,23H,3-17,25H2,1-2H3,(H,26,27)(H,29,30)(H,31,32)/t21-,23?,40?/m0/s1. The predicted molar refractivity (Wildman–Crippen MR) is 146 cm³/mol. The number of imidazole rings is 1. The van der Waals surface area contributed by atoms with E-state index in [0.29, 0.717) is 25.0 Å². The van der Waals surface area contributed by atoms with Crippen molar-refractivity contribution < 1.29 is 51.6 Å². The summed E-state index contributed by atoms with van der Waals surface area (Å²) in [6, 6.07) is -1.35. The summed E-state index contributed by atoms with van der Waals surface area (Å²) in [7, 11) is -10.00. The minimum absolute atomic E-state index is 0.0905. The van der Waals surface area contributed by atoms with Gasteiger partial charge < -0.3 is 20.7 Å². The van der Waals surface area contributed by atoms with Crippen LogP contribution in [-0.2, 0) is 48.1 Å². The smallest absolute Gasteiger partial charge is 0.479 e. The van der Waals surface area contributed by atoms with Gasteiger partial charge in [0.15, 0.2) is 5.78 Å². The molecule has 0 aliphatic carbocycles. The zero-order valence-corrected chi connectivity index (χ0v) is 25.2. The lowest BCUT2D eigenvalue weighted by molar-refractivity contribution is -0.253. The zero-order chi connectivity index (χ0) is 29.9. The maximum atomic E-state index is 13.2. The Balaban J connectivity index is 2.79. The van der Waals surface area contributed by atoms with Gasteiger partial charge in [0.25, 0.3) is 0 Å². The Kier molecular flexibility index (Phi) is 18.7. The van der Waals surface area contributed by atoms with E-state index in [1.807, 2.05) is 0 Å². The van der Waals surface area contributed by atoms with Crippen LogP contribution in [-0.4, -0.2) is 57.1 Å². The second-order valence-electron chi connectivity index (χ2n) is 9.38. The normalized spacial score (nSPS) is 16.2. The first kappa shape index (κ1) is 36.6.